The van der Waals surface area contributed by atoms with Crippen molar-refractivity contribution in [1.82, 2.24) is 10.2 Å². The zero-order valence-corrected chi connectivity index (χ0v) is 10.5. The maximum Gasteiger partial charge on any atom is 0.287 e. The number of nitriles is 1. The van der Waals surface area contributed by atoms with Gasteiger partial charge < -0.3 is 14.6 Å². The van der Waals surface area contributed by atoms with Crippen LogP contribution in [-0.2, 0) is 4.79 Å². The molecule has 1 aliphatic heterocycles. The molecule has 1 saturated heterocycles. The normalized spacial score (nSPS) is 15.8. The number of likely N-dealkylation sites (tertiary alicyclic amines) is 1. The quantitative estimate of drug-likeness (QED) is 0.876. The van der Waals surface area contributed by atoms with Gasteiger partial charge in [0.05, 0.1) is 12.3 Å². The molecule has 0 spiro atoms. The molecular formula is C13H15N3O3. The molecule has 19 heavy (non-hydrogen) atoms. The van der Waals surface area contributed by atoms with E-state index in [4.69, 9.17) is 9.68 Å². The van der Waals surface area contributed by atoms with Gasteiger partial charge >= 0.3 is 0 Å². The summed E-state index contributed by atoms with van der Waals surface area (Å²) < 4.78 is 5.02. The highest BCUT2D eigenvalue weighted by Crippen LogP contribution is 2.12. The first-order chi connectivity index (χ1) is 9.20. The molecule has 0 atom stereocenters. The summed E-state index contributed by atoms with van der Waals surface area (Å²) >= 11 is 0. The maximum absolute atomic E-state index is 11.8. The molecule has 0 bridgehead atoms. The fourth-order valence-electron chi connectivity index (χ4n) is 2.12. The number of furan rings is 1. The Morgan fingerprint density at radius 2 is 2.21 bits per heavy atom. The van der Waals surface area contributed by atoms with Crippen LogP contribution >= 0.6 is 0 Å². The molecule has 1 fully saturated rings. The fraction of sp³-hybridized carbons (Fsp3) is 0.462. The lowest BCUT2D eigenvalue weighted by Crippen LogP contribution is -2.46. The number of amides is 2. The summed E-state index contributed by atoms with van der Waals surface area (Å²) in [6.07, 6.45) is 2.77. The average Bonchev–Trinajstić information content (AvgIpc) is 2.94. The first-order valence-electron chi connectivity index (χ1n) is 6.20. The van der Waals surface area contributed by atoms with E-state index in [1.165, 1.54) is 6.26 Å². The van der Waals surface area contributed by atoms with Gasteiger partial charge in [-0.05, 0) is 25.0 Å². The summed E-state index contributed by atoms with van der Waals surface area (Å²) in [5, 5.41) is 11.4. The van der Waals surface area contributed by atoms with Crippen LogP contribution in [-0.4, -0.2) is 35.8 Å². The van der Waals surface area contributed by atoms with Gasteiger partial charge in [0.1, 0.15) is 6.42 Å². The Balaban J connectivity index is 1.79. The van der Waals surface area contributed by atoms with Crippen molar-refractivity contribution >= 4 is 11.8 Å². The molecule has 0 aliphatic carbocycles. The van der Waals surface area contributed by atoms with E-state index in [-0.39, 0.29) is 24.3 Å². The van der Waals surface area contributed by atoms with Gasteiger partial charge in [-0.3, -0.25) is 9.59 Å². The number of rotatable bonds is 3. The molecule has 2 amide bonds. The molecule has 0 radical (unpaired) electrons. The molecule has 6 heteroatoms. The van der Waals surface area contributed by atoms with E-state index >= 15 is 0 Å². The van der Waals surface area contributed by atoms with Crippen molar-refractivity contribution in [3.05, 3.63) is 24.2 Å². The molecular weight excluding hydrogens is 246 g/mol. The van der Waals surface area contributed by atoms with E-state index in [1.54, 1.807) is 17.0 Å². The highest BCUT2D eigenvalue weighted by Gasteiger charge is 2.24. The fourth-order valence-corrected chi connectivity index (χ4v) is 2.12. The first-order valence-corrected chi connectivity index (χ1v) is 6.20. The van der Waals surface area contributed by atoms with Crippen LogP contribution in [0, 0.1) is 11.3 Å². The number of hydrogen-bond donors (Lipinski definition) is 1. The number of carbonyl (C=O) groups excluding carboxylic acids is 2. The minimum Gasteiger partial charge on any atom is -0.459 e. The number of piperidine rings is 1. The molecule has 0 aromatic carbocycles. The van der Waals surface area contributed by atoms with Gasteiger partial charge in [0, 0.05) is 19.1 Å². The van der Waals surface area contributed by atoms with Crippen LogP contribution in [0.3, 0.4) is 0 Å². The second kappa shape index (κ2) is 6.05. The van der Waals surface area contributed by atoms with Gasteiger partial charge in [-0.25, -0.2) is 0 Å². The highest BCUT2D eigenvalue weighted by atomic mass is 16.3. The van der Waals surface area contributed by atoms with Crippen molar-refractivity contribution in [3.63, 3.8) is 0 Å². The summed E-state index contributed by atoms with van der Waals surface area (Å²) in [5.41, 5.74) is 0. The van der Waals surface area contributed by atoms with E-state index in [1.807, 2.05) is 6.07 Å². The average molecular weight is 261 g/mol. The standard InChI is InChI=1S/C13H15N3O3/c14-6-3-12(17)16-7-4-10(5-8-16)15-13(18)11-2-1-9-19-11/h1-2,9-10H,3-5,7-8H2,(H,15,18). The van der Waals surface area contributed by atoms with Crippen molar-refractivity contribution in [3.8, 4) is 6.07 Å². The summed E-state index contributed by atoms with van der Waals surface area (Å²) in [6, 6.07) is 5.18. The van der Waals surface area contributed by atoms with E-state index < -0.39 is 0 Å². The Morgan fingerprint density at radius 1 is 1.47 bits per heavy atom. The van der Waals surface area contributed by atoms with Crippen LogP contribution in [0.15, 0.2) is 22.8 Å². The molecule has 6 nitrogen and oxygen atoms in total. The lowest BCUT2D eigenvalue weighted by molar-refractivity contribution is -0.131. The summed E-state index contributed by atoms with van der Waals surface area (Å²) in [5.74, 6) is -0.0758. The van der Waals surface area contributed by atoms with E-state index in [9.17, 15) is 9.59 Å². The Kier molecular flexibility index (Phi) is 4.18. The third kappa shape index (κ3) is 3.35. The lowest BCUT2D eigenvalue weighted by Gasteiger charge is -2.31. The van der Waals surface area contributed by atoms with Crippen molar-refractivity contribution in [2.45, 2.75) is 25.3 Å². The number of nitrogens with zero attached hydrogens (tertiary/aromatic N) is 2. The van der Waals surface area contributed by atoms with Gasteiger partial charge in [0.2, 0.25) is 5.91 Å². The Morgan fingerprint density at radius 3 is 2.79 bits per heavy atom. The van der Waals surface area contributed by atoms with Crippen molar-refractivity contribution in [2.75, 3.05) is 13.1 Å². The lowest BCUT2D eigenvalue weighted by atomic mass is 10.0. The highest BCUT2D eigenvalue weighted by molar-refractivity contribution is 5.91. The second-order valence-electron chi connectivity index (χ2n) is 4.44. The number of carbonyl (C=O) groups is 2. The SMILES string of the molecule is N#CCC(=O)N1CCC(NC(=O)c2ccco2)CC1. The molecule has 0 unspecified atom stereocenters. The van der Waals surface area contributed by atoms with E-state index in [0.29, 0.717) is 31.7 Å². The smallest absolute Gasteiger partial charge is 0.287 e. The number of hydrogen-bond acceptors (Lipinski definition) is 4. The second-order valence-corrected chi connectivity index (χ2v) is 4.44. The third-order valence-electron chi connectivity index (χ3n) is 3.16. The van der Waals surface area contributed by atoms with Crippen LogP contribution in [0.4, 0.5) is 0 Å². The van der Waals surface area contributed by atoms with Crippen LogP contribution in [0.1, 0.15) is 29.8 Å². The van der Waals surface area contributed by atoms with E-state index in [2.05, 4.69) is 5.32 Å². The minimum atomic E-state index is -0.230. The minimum absolute atomic E-state index is 0.0451. The van der Waals surface area contributed by atoms with Gasteiger partial charge in [0.15, 0.2) is 5.76 Å². The van der Waals surface area contributed by atoms with Gasteiger partial charge in [-0.15, -0.1) is 0 Å². The summed E-state index contributed by atoms with van der Waals surface area (Å²) in [4.78, 5) is 24.9. The Labute approximate surface area is 111 Å². The van der Waals surface area contributed by atoms with Gasteiger partial charge in [-0.2, -0.15) is 5.26 Å². The van der Waals surface area contributed by atoms with Crippen molar-refractivity contribution in [1.29, 1.82) is 5.26 Å². The number of nitrogens with one attached hydrogen (secondary N) is 1. The Hall–Kier alpha value is -2.29. The monoisotopic (exact) mass is 261 g/mol. The van der Waals surface area contributed by atoms with Crippen LogP contribution in [0.25, 0.3) is 0 Å². The molecule has 2 heterocycles. The third-order valence-corrected chi connectivity index (χ3v) is 3.16. The van der Waals surface area contributed by atoms with Crippen molar-refractivity contribution in [2.24, 2.45) is 0 Å². The summed E-state index contributed by atoms with van der Waals surface area (Å²) in [6.45, 7) is 1.15. The molecule has 1 aromatic rings. The largest absolute Gasteiger partial charge is 0.459 e. The molecule has 1 N–H and O–H groups in total. The van der Waals surface area contributed by atoms with Crippen LogP contribution < -0.4 is 5.32 Å². The summed E-state index contributed by atoms with van der Waals surface area (Å²) in [7, 11) is 0. The van der Waals surface area contributed by atoms with E-state index in [0.717, 1.165) is 0 Å². The molecule has 100 valence electrons. The zero-order chi connectivity index (χ0) is 13.7. The van der Waals surface area contributed by atoms with Crippen molar-refractivity contribution < 1.29 is 14.0 Å². The molecule has 2 rings (SSSR count). The zero-order valence-electron chi connectivity index (χ0n) is 10.5. The maximum atomic E-state index is 11.8. The molecule has 0 saturated carbocycles. The molecule has 1 aliphatic rings. The predicted octanol–water partition coefficient (Wildman–Crippen LogP) is 0.914. The van der Waals surface area contributed by atoms with Crippen LogP contribution in [0.5, 0.6) is 0 Å². The molecule has 1 aromatic heterocycles. The predicted molar refractivity (Wildman–Crippen MR) is 66.0 cm³/mol. The van der Waals surface area contributed by atoms with Crippen LogP contribution in [0.2, 0.25) is 0 Å². The van der Waals surface area contributed by atoms with Gasteiger partial charge in [-0.1, -0.05) is 0 Å². The van der Waals surface area contributed by atoms with Gasteiger partial charge in [0.25, 0.3) is 5.91 Å². The first kappa shape index (κ1) is 13.1. The topological polar surface area (TPSA) is 86.3 Å². The Bertz CT molecular complexity index is 482.